The minimum atomic E-state index is 0. The first-order chi connectivity index (χ1) is 11.8. The number of carbonyl (C=O) groups is 1. The molecule has 3 fully saturated rings. The molecule has 0 saturated carbocycles. The SMILES string of the molecule is Cl.Cl.O=C(CC1CC2CCC(C1)N2)NC1CCN(c2ccccn2)CC1. The standard InChI is InChI=1S/C19H28N4O.2ClH/c24-19(13-14-11-16-4-5-17(12-14)21-16)22-15-6-9-23(10-7-15)18-3-1-2-8-20-18;;/h1-3,8,14-17,21H,4-7,9-13H2,(H,22,24);2*1H. The average Bonchev–Trinajstić information content (AvgIpc) is 2.95. The summed E-state index contributed by atoms with van der Waals surface area (Å²) in [5, 5.41) is 6.93. The second kappa shape index (κ2) is 9.77. The van der Waals surface area contributed by atoms with Crippen LogP contribution in [-0.4, -0.2) is 42.1 Å². The Hall–Kier alpha value is -1.04. The normalized spacial score (nSPS) is 28.0. The van der Waals surface area contributed by atoms with Crippen molar-refractivity contribution in [3.8, 4) is 0 Å². The number of carbonyl (C=O) groups excluding carboxylic acids is 1. The lowest BCUT2D eigenvalue weighted by molar-refractivity contribution is -0.123. The Morgan fingerprint density at radius 3 is 2.42 bits per heavy atom. The van der Waals surface area contributed by atoms with Crippen molar-refractivity contribution in [3.05, 3.63) is 24.4 Å². The Morgan fingerprint density at radius 1 is 1.12 bits per heavy atom. The summed E-state index contributed by atoms with van der Waals surface area (Å²) in [6.07, 6.45) is 9.55. The van der Waals surface area contributed by atoms with E-state index in [1.807, 2.05) is 18.3 Å². The summed E-state index contributed by atoms with van der Waals surface area (Å²) < 4.78 is 0. The van der Waals surface area contributed by atoms with Crippen LogP contribution in [0.15, 0.2) is 24.4 Å². The summed E-state index contributed by atoms with van der Waals surface area (Å²) in [6.45, 7) is 1.94. The summed E-state index contributed by atoms with van der Waals surface area (Å²) in [5.41, 5.74) is 0. The Kier molecular flexibility index (Phi) is 7.99. The van der Waals surface area contributed by atoms with Crippen LogP contribution in [0.1, 0.15) is 44.9 Å². The van der Waals surface area contributed by atoms with Gasteiger partial charge in [0.05, 0.1) is 0 Å². The third-order valence-electron chi connectivity index (χ3n) is 5.88. The summed E-state index contributed by atoms with van der Waals surface area (Å²) in [4.78, 5) is 19.1. The Balaban J connectivity index is 0.00000121. The van der Waals surface area contributed by atoms with Gasteiger partial charge in [-0.1, -0.05) is 6.07 Å². The zero-order valence-corrected chi connectivity index (χ0v) is 16.7. The molecule has 4 heterocycles. The van der Waals surface area contributed by atoms with Gasteiger partial charge < -0.3 is 15.5 Å². The van der Waals surface area contributed by atoms with Gasteiger partial charge in [0.2, 0.25) is 5.91 Å². The van der Waals surface area contributed by atoms with Crippen LogP contribution in [0.25, 0.3) is 0 Å². The van der Waals surface area contributed by atoms with Gasteiger partial charge in [-0.05, 0) is 56.6 Å². The molecule has 0 radical (unpaired) electrons. The smallest absolute Gasteiger partial charge is 0.220 e. The molecule has 1 aromatic heterocycles. The average molecular weight is 401 g/mol. The van der Waals surface area contributed by atoms with Gasteiger partial charge in [-0.15, -0.1) is 24.8 Å². The molecule has 0 spiro atoms. The van der Waals surface area contributed by atoms with Crippen molar-refractivity contribution in [2.24, 2.45) is 5.92 Å². The molecule has 146 valence electrons. The lowest BCUT2D eigenvalue weighted by atomic mass is 9.89. The van der Waals surface area contributed by atoms with Gasteiger partial charge >= 0.3 is 0 Å². The number of halogens is 2. The largest absolute Gasteiger partial charge is 0.356 e. The van der Waals surface area contributed by atoms with Crippen LogP contribution < -0.4 is 15.5 Å². The maximum absolute atomic E-state index is 12.4. The van der Waals surface area contributed by atoms with Crippen LogP contribution in [0.3, 0.4) is 0 Å². The molecule has 26 heavy (non-hydrogen) atoms. The molecule has 0 aliphatic carbocycles. The van der Waals surface area contributed by atoms with Crippen LogP contribution in [0, 0.1) is 5.92 Å². The minimum absolute atomic E-state index is 0. The molecule has 0 aromatic carbocycles. The van der Waals surface area contributed by atoms with E-state index in [-0.39, 0.29) is 30.7 Å². The molecular formula is C19H30Cl2N4O. The van der Waals surface area contributed by atoms with E-state index in [0.29, 0.717) is 24.0 Å². The molecule has 2 bridgehead atoms. The van der Waals surface area contributed by atoms with Crippen LogP contribution in [0.2, 0.25) is 0 Å². The summed E-state index contributed by atoms with van der Waals surface area (Å²) in [5.74, 6) is 1.89. The van der Waals surface area contributed by atoms with E-state index in [9.17, 15) is 4.79 Å². The topological polar surface area (TPSA) is 57.3 Å². The fourth-order valence-corrected chi connectivity index (χ4v) is 4.68. The van der Waals surface area contributed by atoms with Crippen molar-refractivity contribution < 1.29 is 4.79 Å². The number of aromatic nitrogens is 1. The van der Waals surface area contributed by atoms with Gasteiger partial charge in [0.1, 0.15) is 5.82 Å². The summed E-state index contributed by atoms with van der Waals surface area (Å²) in [6, 6.07) is 7.71. The van der Waals surface area contributed by atoms with E-state index >= 15 is 0 Å². The van der Waals surface area contributed by atoms with Crippen molar-refractivity contribution in [1.82, 2.24) is 15.6 Å². The zero-order valence-electron chi connectivity index (χ0n) is 15.1. The first-order valence-corrected chi connectivity index (χ1v) is 9.47. The molecule has 2 atom stereocenters. The van der Waals surface area contributed by atoms with Gasteiger partial charge in [-0.3, -0.25) is 4.79 Å². The predicted octanol–water partition coefficient (Wildman–Crippen LogP) is 2.93. The molecule has 3 aliphatic rings. The molecule has 5 nitrogen and oxygen atoms in total. The summed E-state index contributed by atoms with van der Waals surface area (Å²) >= 11 is 0. The number of nitrogens with one attached hydrogen (secondary N) is 2. The maximum Gasteiger partial charge on any atom is 0.220 e. The highest BCUT2D eigenvalue weighted by atomic mass is 35.5. The Morgan fingerprint density at radius 2 is 1.81 bits per heavy atom. The van der Waals surface area contributed by atoms with E-state index in [1.54, 1.807) is 0 Å². The van der Waals surface area contributed by atoms with Gasteiger partial charge in [0, 0.05) is 43.8 Å². The predicted molar refractivity (Wildman–Crippen MR) is 109 cm³/mol. The number of rotatable bonds is 4. The van der Waals surface area contributed by atoms with E-state index in [4.69, 9.17) is 0 Å². The Bertz CT molecular complexity index is 554. The molecule has 3 aliphatic heterocycles. The van der Waals surface area contributed by atoms with E-state index < -0.39 is 0 Å². The first kappa shape index (κ1) is 21.3. The number of amides is 1. The molecule has 1 aromatic rings. The number of pyridine rings is 1. The number of nitrogens with zero attached hydrogens (tertiary/aromatic N) is 2. The minimum Gasteiger partial charge on any atom is -0.356 e. The van der Waals surface area contributed by atoms with Crippen molar-refractivity contribution in [1.29, 1.82) is 0 Å². The van der Waals surface area contributed by atoms with Crippen molar-refractivity contribution in [2.45, 2.75) is 63.1 Å². The second-order valence-electron chi connectivity index (χ2n) is 7.70. The van der Waals surface area contributed by atoms with E-state index in [1.165, 1.54) is 25.7 Å². The van der Waals surface area contributed by atoms with Crippen LogP contribution in [-0.2, 0) is 4.79 Å². The van der Waals surface area contributed by atoms with Crippen molar-refractivity contribution >= 4 is 36.5 Å². The number of anilines is 1. The van der Waals surface area contributed by atoms with Crippen LogP contribution in [0.4, 0.5) is 5.82 Å². The van der Waals surface area contributed by atoms with Crippen molar-refractivity contribution in [2.75, 3.05) is 18.0 Å². The molecule has 7 heteroatoms. The highest BCUT2D eigenvalue weighted by molar-refractivity contribution is 5.85. The molecular weight excluding hydrogens is 371 g/mol. The lowest BCUT2D eigenvalue weighted by Gasteiger charge is -2.34. The molecule has 2 N–H and O–H groups in total. The van der Waals surface area contributed by atoms with E-state index in [2.05, 4.69) is 26.6 Å². The summed E-state index contributed by atoms with van der Waals surface area (Å²) in [7, 11) is 0. The maximum atomic E-state index is 12.4. The second-order valence-corrected chi connectivity index (χ2v) is 7.70. The quantitative estimate of drug-likeness (QED) is 0.815. The van der Waals surface area contributed by atoms with Crippen LogP contribution in [0.5, 0.6) is 0 Å². The van der Waals surface area contributed by atoms with Crippen LogP contribution >= 0.6 is 24.8 Å². The van der Waals surface area contributed by atoms with Gasteiger partial charge in [-0.2, -0.15) is 0 Å². The van der Waals surface area contributed by atoms with Gasteiger partial charge in [0.15, 0.2) is 0 Å². The fourth-order valence-electron chi connectivity index (χ4n) is 4.68. The molecule has 3 saturated heterocycles. The van der Waals surface area contributed by atoms with Crippen molar-refractivity contribution in [3.63, 3.8) is 0 Å². The zero-order chi connectivity index (χ0) is 16.4. The first-order valence-electron chi connectivity index (χ1n) is 9.47. The van der Waals surface area contributed by atoms with Gasteiger partial charge in [0.25, 0.3) is 0 Å². The third kappa shape index (κ3) is 5.24. The number of fused-ring (bicyclic) bond motifs is 2. The van der Waals surface area contributed by atoms with E-state index in [0.717, 1.165) is 38.2 Å². The highest BCUT2D eigenvalue weighted by Crippen LogP contribution is 2.32. The highest BCUT2D eigenvalue weighted by Gasteiger charge is 2.34. The monoisotopic (exact) mass is 400 g/mol. The molecule has 4 rings (SSSR count). The number of piperidine rings is 2. The fraction of sp³-hybridized carbons (Fsp3) is 0.684. The molecule has 1 amide bonds. The number of hydrogen-bond acceptors (Lipinski definition) is 4. The molecule has 2 unspecified atom stereocenters. The Labute approximate surface area is 168 Å². The lowest BCUT2D eigenvalue weighted by Crippen LogP contribution is -2.46. The van der Waals surface area contributed by atoms with Gasteiger partial charge in [-0.25, -0.2) is 4.98 Å². The third-order valence-corrected chi connectivity index (χ3v) is 5.88. The number of hydrogen-bond donors (Lipinski definition) is 2.